The number of halogens is 1. The van der Waals surface area contributed by atoms with Crippen molar-refractivity contribution in [3.63, 3.8) is 0 Å². The van der Waals surface area contributed by atoms with Crippen molar-refractivity contribution in [1.82, 2.24) is 4.72 Å². The quantitative estimate of drug-likeness (QED) is 0.857. The van der Waals surface area contributed by atoms with Crippen molar-refractivity contribution < 1.29 is 17.5 Å². The van der Waals surface area contributed by atoms with Crippen LogP contribution in [0.1, 0.15) is 30.5 Å². The van der Waals surface area contributed by atoms with Gasteiger partial charge in [-0.05, 0) is 55.5 Å². The maximum Gasteiger partial charge on any atom is 0.214 e. The van der Waals surface area contributed by atoms with Crippen LogP contribution in [0.2, 0.25) is 0 Å². The van der Waals surface area contributed by atoms with E-state index in [9.17, 15) is 12.8 Å². The first-order valence-corrected chi connectivity index (χ1v) is 9.89. The fourth-order valence-electron chi connectivity index (χ4n) is 2.94. The first-order valence-electron chi connectivity index (χ1n) is 8.34. The minimum absolute atomic E-state index is 0.106. The van der Waals surface area contributed by atoms with Crippen LogP contribution in [-0.4, -0.2) is 19.7 Å². The molecular weight excluding hydrogens is 341 g/mol. The summed E-state index contributed by atoms with van der Waals surface area (Å²) >= 11 is 0. The minimum Gasteiger partial charge on any atom is -0.486 e. The number of sulfonamides is 1. The van der Waals surface area contributed by atoms with Crippen molar-refractivity contribution in [2.75, 3.05) is 0 Å². The summed E-state index contributed by atoms with van der Waals surface area (Å²) in [6.07, 6.45) is 1.35. The summed E-state index contributed by atoms with van der Waals surface area (Å²) in [5.74, 6) is -0.155. The Morgan fingerprint density at radius 2 is 1.88 bits per heavy atom. The summed E-state index contributed by atoms with van der Waals surface area (Å²) in [6, 6.07) is 12.2. The van der Waals surface area contributed by atoms with Crippen molar-refractivity contribution in [2.24, 2.45) is 0 Å². The molecular formula is C19H22FNO3S. The standard InChI is InChI=1S/C19H22FNO3S/c1-13(2)25(22,23)21-17-10-15-8-7-14(9-16(15)11-17)12-24-19-6-4-3-5-18(19)20/h3-9,13,17,21H,10-12H2,1-2H3/t17-/m0/s1. The van der Waals surface area contributed by atoms with Crippen LogP contribution in [0.4, 0.5) is 4.39 Å². The van der Waals surface area contributed by atoms with Crippen LogP contribution >= 0.6 is 0 Å². The summed E-state index contributed by atoms with van der Waals surface area (Å²) < 4.78 is 46.0. The number of para-hydroxylation sites is 1. The number of hydrogen-bond acceptors (Lipinski definition) is 3. The van der Waals surface area contributed by atoms with Gasteiger partial charge < -0.3 is 4.74 Å². The molecule has 2 aromatic carbocycles. The summed E-state index contributed by atoms with van der Waals surface area (Å²) in [6.45, 7) is 3.61. The number of benzene rings is 2. The molecule has 1 aliphatic rings. The van der Waals surface area contributed by atoms with E-state index in [0.717, 1.165) is 16.7 Å². The second-order valence-corrected chi connectivity index (χ2v) is 8.91. The van der Waals surface area contributed by atoms with E-state index in [1.807, 2.05) is 18.2 Å². The SMILES string of the molecule is CC(C)S(=O)(=O)N[C@H]1Cc2ccc(COc3ccccc3F)cc2C1. The van der Waals surface area contributed by atoms with Crippen LogP contribution in [0.15, 0.2) is 42.5 Å². The molecule has 3 rings (SSSR count). The average Bonchev–Trinajstić information content (AvgIpc) is 2.94. The number of ether oxygens (including phenoxy) is 1. The van der Waals surface area contributed by atoms with Crippen LogP contribution in [-0.2, 0) is 29.5 Å². The van der Waals surface area contributed by atoms with Gasteiger partial charge >= 0.3 is 0 Å². The number of hydrogen-bond donors (Lipinski definition) is 1. The van der Waals surface area contributed by atoms with E-state index in [1.165, 1.54) is 6.07 Å². The van der Waals surface area contributed by atoms with Gasteiger partial charge in [0.25, 0.3) is 0 Å². The van der Waals surface area contributed by atoms with Gasteiger partial charge in [-0.3, -0.25) is 0 Å². The molecule has 1 N–H and O–H groups in total. The molecule has 6 heteroatoms. The first kappa shape index (κ1) is 17.9. The molecule has 134 valence electrons. The van der Waals surface area contributed by atoms with Crippen molar-refractivity contribution in [3.8, 4) is 5.75 Å². The topological polar surface area (TPSA) is 55.4 Å². The predicted octanol–water partition coefficient (Wildman–Crippen LogP) is 3.20. The maximum absolute atomic E-state index is 13.6. The van der Waals surface area contributed by atoms with Crippen LogP contribution in [0.3, 0.4) is 0 Å². The summed E-state index contributed by atoms with van der Waals surface area (Å²) in [5, 5.41) is -0.444. The van der Waals surface area contributed by atoms with E-state index in [4.69, 9.17) is 4.74 Å². The van der Waals surface area contributed by atoms with E-state index in [2.05, 4.69) is 4.72 Å². The van der Waals surface area contributed by atoms with E-state index in [1.54, 1.807) is 32.0 Å². The molecule has 1 aliphatic carbocycles. The van der Waals surface area contributed by atoms with Crippen molar-refractivity contribution in [3.05, 3.63) is 65.0 Å². The van der Waals surface area contributed by atoms with Gasteiger partial charge in [-0.1, -0.05) is 30.3 Å². The Labute approximate surface area is 148 Å². The Kier molecular flexibility index (Phi) is 5.11. The molecule has 2 aromatic rings. The van der Waals surface area contributed by atoms with Gasteiger partial charge in [0, 0.05) is 6.04 Å². The lowest BCUT2D eigenvalue weighted by Crippen LogP contribution is -2.39. The molecule has 0 unspecified atom stereocenters. The Morgan fingerprint density at radius 3 is 2.60 bits per heavy atom. The smallest absolute Gasteiger partial charge is 0.214 e. The molecule has 4 nitrogen and oxygen atoms in total. The van der Waals surface area contributed by atoms with Crippen LogP contribution in [0, 0.1) is 5.82 Å². The summed E-state index contributed by atoms with van der Waals surface area (Å²) in [5.41, 5.74) is 3.20. The molecule has 0 amide bonds. The zero-order valence-electron chi connectivity index (χ0n) is 14.3. The first-order chi connectivity index (χ1) is 11.8. The average molecular weight is 363 g/mol. The molecule has 0 saturated heterocycles. The van der Waals surface area contributed by atoms with E-state index in [0.29, 0.717) is 12.8 Å². The van der Waals surface area contributed by atoms with Crippen molar-refractivity contribution >= 4 is 10.0 Å². The summed E-state index contributed by atoms with van der Waals surface area (Å²) in [7, 11) is -3.28. The highest BCUT2D eigenvalue weighted by Crippen LogP contribution is 2.25. The fourth-order valence-corrected chi connectivity index (χ4v) is 3.84. The van der Waals surface area contributed by atoms with E-state index >= 15 is 0 Å². The molecule has 0 aliphatic heterocycles. The van der Waals surface area contributed by atoms with Gasteiger partial charge in [0.05, 0.1) is 5.25 Å². The van der Waals surface area contributed by atoms with Crippen LogP contribution in [0.5, 0.6) is 5.75 Å². The molecule has 0 aromatic heterocycles. The highest BCUT2D eigenvalue weighted by molar-refractivity contribution is 7.90. The van der Waals surface area contributed by atoms with Crippen LogP contribution < -0.4 is 9.46 Å². The zero-order chi connectivity index (χ0) is 18.0. The maximum atomic E-state index is 13.6. The lowest BCUT2D eigenvalue weighted by molar-refractivity contribution is 0.290. The van der Waals surface area contributed by atoms with Crippen molar-refractivity contribution in [2.45, 2.75) is 44.6 Å². The highest BCUT2D eigenvalue weighted by atomic mass is 32.2. The third-order valence-electron chi connectivity index (χ3n) is 4.39. The normalized spacial score (nSPS) is 16.9. The van der Waals surface area contributed by atoms with Gasteiger partial charge in [0.15, 0.2) is 11.6 Å². The molecule has 0 fully saturated rings. The third-order valence-corrected chi connectivity index (χ3v) is 6.29. The fraction of sp³-hybridized carbons (Fsp3) is 0.368. The molecule has 0 spiro atoms. The number of rotatable bonds is 6. The van der Waals surface area contributed by atoms with Crippen molar-refractivity contribution in [1.29, 1.82) is 0 Å². The predicted molar refractivity (Wildman–Crippen MR) is 95.6 cm³/mol. The zero-order valence-corrected chi connectivity index (χ0v) is 15.1. The monoisotopic (exact) mass is 363 g/mol. The third kappa shape index (κ3) is 4.19. The lowest BCUT2D eigenvalue weighted by Gasteiger charge is -2.14. The molecule has 25 heavy (non-hydrogen) atoms. The Bertz CT molecular complexity index is 865. The van der Waals surface area contributed by atoms with Gasteiger partial charge in [-0.15, -0.1) is 0 Å². The molecule has 0 bridgehead atoms. The molecule has 0 saturated carbocycles. The van der Waals surface area contributed by atoms with E-state index in [-0.39, 0.29) is 24.2 Å². The second-order valence-electron chi connectivity index (χ2n) is 6.64. The van der Waals surface area contributed by atoms with Gasteiger partial charge in [0.2, 0.25) is 10.0 Å². The number of nitrogens with one attached hydrogen (secondary N) is 1. The van der Waals surface area contributed by atoms with Gasteiger partial charge in [-0.2, -0.15) is 0 Å². The largest absolute Gasteiger partial charge is 0.486 e. The van der Waals surface area contributed by atoms with Gasteiger partial charge in [0.1, 0.15) is 6.61 Å². The Hall–Kier alpha value is -1.92. The molecule has 1 atom stereocenters. The summed E-state index contributed by atoms with van der Waals surface area (Å²) in [4.78, 5) is 0. The second kappa shape index (κ2) is 7.14. The van der Waals surface area contributed by atoms with Crippen LogP contribution in [0.25, 0.3) is 0 Å². The molecule has 0 radical (unpaired) electrons. The Morgan fingerprint density at radius 1 is 1.16 bits per heavy atom. The highest BCUT2D eigenvalue weighted by Gasteiger charge is 2.27. The number of fused-ring (bicyclic) bond motifs is 1. The lowest BCUT2D eigenvalue weighted by atomic mass is 10.1. The minimum atomic E-state index is -3.28. The van der Waals surface area contributed by atoms with E-state index < -0.39 is 15.3 Å². The molecule has 0 heterocycles. The Balaban J connectivity index is 1.65. The van der Waals surface area contributed by atoms with Gasteiger partial charge in [-0.25, -0.2) is 17.5 Å².